The van der Waals surface area contributed by atoms with Gasteiger partial charge < -0.3 is 0 Å². The molecule has 0 bridgehead atoms. The number of benzene rings is 4. The third-order valence-corrected chi connectivity index (χ3v) is 12.6. The number of hydrogen-bond donors (Lipinski definition) is 0. The average molecular weight is 646 g/mol. The van der Waals surface area contributed by atoms with E-state index in [1.54, 1.807) is 0 Å². The summed E-state index contributed by atoms with van der Waals surface area (Å²) in [5, 5.41) is 0. The van der Waals surface area contributed by atoms with Crippen molar-refractivity contribution in [2.45, 2.75) is 64.4 Å². The molecule has 42 heavy (non-hydrogen) atoms. The second kappa shape index (κ2) is 14.4. The standard InChI is InChI=1S/3C10H13O.C7H7O.Zr/c3*1-10(2,8-11)9-6-4-3-5-7-9;8-6-7-4-2-1-3-5-7;/h3*3-7H,8H2,1-2H3;1-5H,6H2;/q4*-1;+4. The van der Waals surface area contributed by atoms with Crippen LogP contribution in [0.15, 0.2) is 121 Å². The molecule has 0 atom stereocenters. The summed E-state index contributed by atoms with van der Waals surface area (Å²) < 4.78 is 27.4. The van der Waals surface area contributed by atoms with Gasteiger partial charge in [0.25, 0.3) is 0 Å². The van der Waals surface area contributed by atoms with E-state index in [9.17, 15) is 0 Å². The maximum absolute atomic E-state index is 6.88. The van der Waals surface area contributed by atoms with Crippen molar-refractivity contribution in [2.75, 3.05) is 19.8 Å². The van der Waals surface area contributed by atoms with Gasteiger partial charge in [0, 0.05) is 0 Å². The van der Waals surface area contributed by atoms with Crippen molar-refractivity contribution < 1.29 is 33.3 Å². The summed E-state index contributed by atoms with van der Waals surface area (Å²) in [4.78, 5) is 0. The first-order chi connectivity index (χ1) is 20.0. The van der Waals surface area contributed by atoms with Crippen LogP contribution in [-0.4, -0.2) is 19.8 Å². The van der Waals surface area contributed by atoms with Crippen molar-refractivity contribution in [3.05, 3.63) is 144 Å². The minimum absolute atomic E-state index is 0.268. The fraction of sp³-hybridized carbons (Fsp3) is 0.351. The molecule has 222 valence electrons. The summed E-state index contributed by atoms with van der Waals surface area (Å²) >= 11 is -4.72. The van der Waals surface area contributed by atoms with E-state index in [0.717, 1.165) is 5.56 Å². The van der Waals surface area contributed by atoms with E-state index in [0.29, 0.717) is 26.4 Å². The van der Waals surface area contributed by atoms with Crippen molar-refractivity contribution in [3.8, 4) is 0 Å². The van der Waals surface area contributed by atoms with Crippen LogP contribution in [-0.2, 0) is 56.1 Å². The fourth-order valence-electron chi connectivity index (χ4n) is 4.72. The Morgan fingerprint density at radius 2 is 0.690 bits per heavy atom. The molecule has 0 heterocycles. The zero-order valence-electron chi connectivity index (χ0n) is 26.0. The fourth-order valence-corrected chi connectivity index (χ4v) is 10.8. The first-order valence-electron chi connectivity index (χ1n) is 14.8. The summed E-state index contributed by atoms with van der Waals surface area (Å²) in [6.07, 6.45) is 0. The molecule has 0 radical (unpaired) electrons. The van der Waals surface area contributed by atoms with Crippen LogP contribution in [0.3, 0.4) is 0 Å². The van der Waals surface area contributed by atoms with E-state index in [1.165, 1.54) is 16.7 Å². The Balaban J connectivity index is 1.66. The molecule has 0 aliphatic heterocycles. The van der Waals surface area contributed by atoms with Crippen LogP contribution in [0.2, 0.25) is 0 Å². The summed E-state index contributed by atoms with van der Waals surface area (Å²) in [5.74, 6) is 0. The third kappa shape index (κ3) is 9.05. The monoisotopic (exact) mass is 644 g/mol. The molecule has 4 aromatic rings. The van der Waals surface area contributed by atoms with Crippen molar-refractivity contribution >= 4 is 0 Å². The maximum atomic E-state index is 6.88. The molecule has 0 aromatic heterocycles. The van der Waals surface area contributed by atoms with Gasteiger partial charge in [-0.2, -0.15) is 0 Å². The Kier molecular flexibility index (Phi) is 11.1. The summed E-state index contributed by atoms with van der Waals surface area (Å²) in [7, 11) is 0. The van der Waals surface area contributed by atoms with E-state index in [2.05, 4.69) is 126 Å². The summed E-state index contributed by atoms with van der Waals surface area (Å²) in [6, 6.07) is 41.6. The topological polar surface area (TPSA) is 36.9 Å². The second-order valence-electron chi connectivity index (χ2n) is 12.9. The molecule has 4 nitrogen and oxygen atoms in total. The molecule has 0 aliphatic carbocycles. The first-order valence-corrected chi connectivity index (χ1v) is 18.8. The number of hydrogen-bond acceptors (Lipinski definition) is 4. The number of rotatable bonds is 15. The van der Waals surface area contributed by atoms with Gasteiger partial charge >= 0.3 is 261 Å². The van der Waals surface area contributed by atoms with E-state index < -0.39 is 22.0 Å². The zero-order valence-corrected chi connectivity index (χ0v) is 28.5. The molecule has 4 rings (SSSR count). The molecule has 0 fully saturated rings. The van der Waals surface area contributed by atoms with Gasteiger partial charge in [-0.25, -0.2) is 0 Å². The molecule has 0 unspecified atom stereocenters. The Morgan fingerprint density at radius 1 is 0.405 bits per heavy atom. The molecule has 0 saturated carbocycles. The van der Waals surface area contributed by atoms with Crippen molar-refractivity contribution in [2.24, 2.45) is 0 Å². The minimum atomic E-state index is -4.72. The van der Waals surface area contributed by atoms with Gasteiger partial charge in [0.1, 0.15) is 0 Å². The Hall–Kier alpha value is -2.40. The van der Waals surface area contributed by atoms with E-state index in [-0.39, 0.29) is 16.2 Å². The van der Waals surface area contributed by atoms with Crippen molar-refractivity contribution in [3.63, 3.8) is 0 Å². The van der Waals surface area contributed by atoms with Crippen LogP contribution in [0.4, 0.5) is 0 Å². The molecule has 4 aromatic carbocycles. The van der Waals surface area contributed by atoms with E-state index in [1.807, 2.05) is 36.4 Å². The van der Waals surface area contributed by atoms with Gasteiger partial charge in [0.15, 0.2) is 0 Å². The van der Waals surface area contributed by atoms with E-state index >= 15 is 0 Å². The van der Waals surface area contributed by atoms with Crippen LogP contribution in [0.25, 0.3) is 0 Å². The Labute approximate surface area is 259 Å². The quantitative estimate of drug-likeness (QED) is 0.129. The van der Waals surface area contributed by atoms with Gasteiger partial charge in [-0.05, 0) is 0 Å². The van der Waals surface area contributed by atoms with Gasteiger partial charge in [-0.15, -0.1) is 0 Å². The zero-order chi connectivity index (χ0) is 30.1. The molecule has 0 spiro atoms. The summed E-state index contributed by atoms with van der Waals surface area (Å²) in [6.45, 7) is 14.8. The van der Waals surface area contributed by atoms with E-state index in [4.69, 9.17) is 11.3 Å². The Morgan fingerprint density at radius 3 is 1.00 bits per heavy atom. The second-order valence-corrected chi connectivity index (χ2v) is 18.2. The predicted octanol–water partition coefficient (Wildman–Crippen LogP) is 9.00. The van der Waals surface area contributed by atoms with Crippen molar-refractivity contribution in [1.82, 2.24) is 0 Å². The first kappa shape index (κ1) is 32.5. The van der Waals surface area contributed by atoms with Crippen LogP contribution < -0.4 is 0 Å². The molecule has 0 saturated heterocycles. The Bertz CT molecular complexity index is 1210. The summed E-state index contributed by atoms with van der Waals surface area (Å²) in [5.41, 5.74) is 3.84. The molecule has 0 amide bonds. The van der Waals surface area contributed by atoms with Gasteiger partial charge in [0.05, 0.1) is 0 Å². The molecule has 5 heteroatoms. The molecule has 0 N–H and O–H groups in total. The predicted molar refractivity (Wildman–Crippen MR) is 167 cm³/mol. The van der Waals surface area contributed by atoms with Crippen LogP contribution in [0.1, 0.15) is 63.8 Å². The SMILES string of the molecule is CC(C)(C[O][Zr]([O]Cc1ccccc1)([O]CC(C)(C)c1ccccc1)[O]CC(C)(C)c1ccccc1)c1ccccc1. The average Bonchev–Trinajstić information content (AvgIpc) is 3.02. The van der Waals surface area contributed by atoms with Crippen LogP contribution >= 0.6 is 0 Å². The van der Waals surface area contributed by atoms with Crippen LogP contribution in [0.5, 0.6) is 0 Å². The van der Waals surface area contributed by atoms with Crippen molar-refractivity contribution in [1.29, 1.82) is 0 Å². The molecular weight excluding hydrogens is 600 g/mol. The molecular formula is C37H46O4Zr. The third-order valence-electron chi connectivity index (χ3n) is 7.75. The van der Waals surface area contributed by atoms with Gasteiger partial charge in [0.2, 0.25) is 0 Å². The van der Waals surface area contributed by atoms with Crippen LogP contribution in [0, 0.1) is 0 Å². The van der Waals surface area contributed by atoms with Gasteiger partial charge in [-0.3, -0.25) is 0 Å². The normalized spacial score (nSPS) is 12.8. The van der Waals surface area contributed by atoms with Gasteiger partial charge in [-0.1, -0.05) is 0 Å². The molecule has 0 aliphatic rings.